The molecular formula is C6H12Cl2N4. The number of fused-ring (bicyclic) bond motifs is 1. The molecule has 6 heteroatoms. The molecule has 0 bridgehead atoms. The van der Waals surface area contributed by atoms with Gasteiger partial charge in [0.1, 0.15) is 12.2 Å². The molecule has 70 valence electrons. The van der Waals surface area contributed by atoms with E-state index in [4.69, 9.17) is 0 Å². The summed E-state index contributed by atoms with van der Waals surface area (Å²) in [6.45, 7) is 3.06. The van der Waals surface area contributed by atoms with Gasteiger partial charge in [-0.05, 0) is 0 Å². The van der Waals surface area contributed by atoms with E-state index in [1.165, 1.54) is 0 Å². The Morgan fingerprint density at radius 1 is 1.33 bits per heavy atom. The molecule has 0 amide bonds. The van der Waals surface area contributed by atoms with Crippen molar-refractivity contribution in [1.29, 1.82) is 0 Å². The average molecular weight is 211 g/mol. The largest absolute Gasteiger partial charge is 0.316 e. The summed E-state index contributed by atoms with van der Waals surface area (Å²) in [4.78, 5) is 0. The van der Waals surface area contributed by atoms with Crippen LogP contribution in [0, 0.1) is 0 Å². The molecule has 0 saturated heterocycles. The molecule has 0 fully saturated rings. The molecule has 0 radical (unpaired) electrons. The molecule has 2 heterocycles. The average Bonchev–Trinajstić information content (AvgIpc) is 2.28. The van der Waals surface area contributed by atoms with Crippen molar-refractivity contribution in [3.05, 3.63) is 12.2 Å². The Balaban J connectivity index is 0.000000605. The predicted molar refractivity (Wildman–Crippen MR) is 51.1 cm³/mol. The zero-order valence-electron chi connectivity index (χ0n) is 6.56. The minimum absolute atomic E-state index is 0. The van der Waals surface area contributed by atoms with Crippen molar-refractivity contribution in [2.45, 2.75) is 13.0 Å². The van der Waals surface area contributed by atoms with Crippen LogP contribution in [0.3, 0.4) is 0 Å². The van der Waals surface area contributed by atoms with Crippen molar-refractivity contribution in [2.75, 3.05) is 13.1 Å². The Bertz CT molecular complexity index is 205. The van der Waals surface area contributed by atoms with Gasteiger partial charge in [-0.1, -0.05) is 0 Å². The number of hydrogen-bond acceptors (Lipinski definition) is 3. The maximum Gasteiger partial charge on any atom is 0.134 e. The second kappa shape index (κ2) is 5.35. The van der Waals surface area contributed by atoms with Crippen molar-refractivity contribution in [1.82, 2.24) is 20.1 Å². The van der Waals surface area contributed by atoms with Gasteiger partial charge in [0.05, 0.1) is 0 Å². The van der Waals surface area contributed by atoms with Crippen LogP contribution in [0.2, 0.25) is 0 Å². The van der Waals surface area contributed by atoms with Crippen molar-refractivity contribution in [3.8, 4) is 0 Å². The van der Waals surface area contributed by atoms with E-state index >= 15 is 0 Å². The standard InChI is InChI=1S/C6H10N4.2ClH/c1-2-7-3-4-10-5-8-9-6(1)10;;/h5,7H,1-4H2;2*1H. The Morgan fingerprint density at radius 3 is 3.00 bits per heavy atom. The van der Waals surface area contributed by atoms with E-state index in [1.54, 1.807) is 6.33 Å². The van der Waals surface area contributed by atoms with Crippen LogP contribution in [0.15, 0.2) is 6.33 Å². The van der Waals surface area contributed by atoms with E-state index in [0.29, 0.717) is 0 Å². The summed E-state index contributed by atoms with van der Waals surface area (Å²) in [5, 5.41) is 11.1. The lowest BCUT2D eigenvalue weighted by Crippen LogP contribution is -2.17. The zero-order valence-corrected chi connectivity index (χ0v) is 8.20. The highest BCUT2D eigenvalue weighted by atomic mass is 35.5. The molecule has 1 aromatic rings. The van der Waals surface area contributed by atoms with E-state index in [-0.39, 0.29) is 24.8 Å². The maximum atomic E-state index is 3.99. The van der Waals surface area contributed by atoms with Crippen LogP contribution in [0.4, 0.5) is 0 Å². The Morgan fingerprint density at radius 2 is 2.17 bits per heavy atom. The molecule has 2 rings (SSSR count). The summed E-state index contributed by atoms with van der Waals surface area (Å²) < 4.78 is 2.10. The van der Waals surface area contributed by atoms with Gasteiger partial charge in [0, 0.05) is 26.1 Å². The fraction of sp³-hybridized carbons (Fsp3) is 0.667. The number of nitrogens with zero attached hydrogens (tertiary/aromatic N) is 3. The van der Waals surface area contributed by atoms with E-state index < -0.39 is 0 Å². The van der Waals surface area contributed by atoms with Gasteiger partial charge in [-0.2, -0.15) is 0 Å². The fourth-order valence-corrected chi connectivity index (χ4v) is 1.18. The first-order valence-corrected chi connectivity index (χ1v) is 3.54. The monoisotopic (exact) mass is 210 g/mol. The number of rotatable bonds is 0. The van der Waals surface area contributed by atoms with E-state index in [9.17, 15) is 0 Å². The summed E-state index contributed by atoms with van der Waals surface area (Å²) in [6.07, 6.45) is 2.79. The third kappa shape index (κ3) is 2.33. The van der Waals surface area contributed by atoms with Gasteiger partial charge >= 0.3 is 0 Å². The quantitative estimate of drug-likeness (QED) is 0.669. The molecule has 4 nitrogen and oxygen atoms in total. The molecule has 0 atom stereocenters. The molecule has 0 aromatic carbocycles. The minimum atomic E-state index is 0. The van der Waals surface area contributed by atoms with E-state index in [1.807, 2.05) is 0 Å². The highest BCUT2D eigenvalue weighted by molar-refractivity contribution is 5.85. The summed E-state index contributed by atoms with van der Waals surface area (Å²) in [7, 11) is 0. The van der Waals surface area contributed by atoms with Crippen LogP contribution in [0.5, 0.6) is 0 Å². The van der Waals surface area contributed by atoms with Crippen molar-refractivity contribution in [3.63, 3.8) is 0 Å². The van der Waals surface area contributed by atoms with Crippen LogP contribution in [0.1, 0.15) is 5.82 Å². The van der Waals surface area contributed by atoms with Gasteiger partial charge in [0.2, 0.25) is 0 Å². The lowest BCUT2D eigenvalue weighted by molar-refractivity contribution is 0.643. The van der Waals surface area contributed by atoms with Crippen LogP contribution in [-0.4, -0.2) is 27.9 Å². The first-order chi connectivity index (χ1) is 4.97. The van der Waals surface area contributed by atoms with Crippen LogP contribution in [0.25, 0.3) is 0 Å². The van der Waals surface area contributed by atoms with Gasteiger partial charge in [0.25, 0.3) is 0 Å². The number of hydrogen-bond donors (Lipinski definition) is 1. The third-order valence-electron chi connectivity index (χ3n) is 1.75. The van der Waals surface area contributed by atoms with E-state index in [2.05, 4.69) is 20.1 Å². The normalized spacial score (nSPS) is 15.0. The number of aromatic nitrogens is 3. The summed E-state index contributed by atoms with van der Waals surface area (Å²) >= 11 is 0. The second-order valence-electron chi connectivity index (χ2n) is 2.44. The molecule has 1 aliphatic rings. The SMILES string of the molecule is Cl.Cl.c1nnc2n1CCNCC2. The lowest BCUT2D eigenvalue weighted by atomic mass is 10.4. The fourth-order valence-electron chi connectivity index (χ4n) is 1.18. The topological polar surface area (TPSA) is 42.7 Å². The van der Waals surface area contributed by atoms with Gasteiger partial charge in [0.15, 0.2) is 0 Å². The first kappa shape index (κ1) is 11.7. The molecule has 1 N–H and O–H groups in total. The second-order valence-corrected chi connectivity index (χ2v) is 2.44. The Kier molecular flexibility index (Phi) is 5.20. The predicted octanol–water partition coefficient (Wildman–Crippen LogP) is 0.267. The Labute approximate surface area is 83.6 Å². The third-order valence-corrected chi connectivity index (χ3v) is 1.75. The lowest BCUT2D eigenvalue weighted by Gasteiger charge is -1.97. The molecule has 12 heavy (non-hydrogen) atoms. The molecular weight excluding hydrogens is 199 g/mol. The van der Waals surface area contributed by atoms with Gasteiger partial charge in [-0.15, -0.1) is 35.0 Å². The molecule has 0 saturated carbocycles. The molecule has 0 unspecified atom stereocenters. The van der Waals surface area contributed by atoms with Gasteiger partial charge < -0.3 is 9.88 Å². The van der Waals surface area contributed by atoms with Gasteiger partial charge in [-0.3, -0.25) is 0 Å². The highest BCUT2D eigenvalue weighted by Gasteiger charge is 2.06. The smallest absolute Gasteiger partial charge is 0.134 e. The van der Waals surface area contributed by atoms with Crippen molar-refractivity contribution >= 4 is 24.8 Å². The highest BCUT2D eigenvalue weighted by Crippen LogP contribution is 1.97. The number of nitrogens with one attached hydrogen (secondary N) is 1. The molecule has 0 spiro atoms. The molecule has 1 aromatic heterocycles. The van der Waals surface area contributed by atoms with Crippen molar-refractivity contribution < 1.29 is 0 Å². The summed E-state index contributed by atoms with van der Waals surface area (Å²) in [6, 6.07) is 0. The summed E-state index contributed by atoms with van der Waals surface area (Å²) in [5.74, 6) is 1.10. The number of halogens is 2. The Hall–Kier alpha value is -0.320. The minimum Gasteiger partial charge on any atom is -0.316 e. The van der Waals surface area contributed by atoms with Crippen LogP contribution < -0.4 is 5.32 Å². The van der Waals surface area contributed by atoms with Crippen molar-refractivity contribution in [2.24, 2.45) is 0 Å². The first-order valence-electron chi connectivity index (χ1n) is 3.54. The molecule has 1 aliphatic heterocycles. The maximum absolute atomic E-state index is 3.99. The van der Waals surface area contributed by atoms with Crippen LogP contribution in [-0.2, 0) is 13.0 Å². The van der Waals surface area contributed by atoms with Gasteiger partial charge in [-0.25, -0.2) is 0 Å². The zero-order chi connectivity index (χ0) is 6.81. The van der Waals surface area contributed by atoms with E-state index in [0.717, 1.165) is 31.9 Å². The summed E-state index contributed by atoms with van der Waals surface area (Å²) in [5.41, 5.74) is 0. The van der Waals surface area contributed by atoms with Crippen LogP contribution >= 0.6 is 24.8 Å². The molecule has 0 aliphatic carbocycles.